The Morgan fingerprint density at radius 1 is 1.38 bits per heavy atom. The van der Waals surface area contributed by atoms with Crippen molar-refractivity contribution in [2.45, 2.75) is 49.9 Å². The Labute approximate surface area is 94.6 Å². The van der Waals surface area contributed by atoms with Gasteiger partial charge >= 0.3 is 5.97 Å². The van der Waals surface area contributed by atoms with E-state index in [1.807, 2.05) is 0 Å². The number of hydrogen-bond acceptors (Lipinski definition) is 2. The second kappa shape index (κ2) is 8.78. The number of carbonyl (C=O) groups excluding carboxylic acids is 1. The zero-order valence-corrected chi connectivity index (χ0v) is 10.7. The largest absolute Gasteiger partial charge is 0.466 e. The number of ether oxygens (including phenoxy) is 1. The lowest BCUT2D eigenvalue weighted by molar-refractivity contribution is -0.143. The van der Waals surface area contributed by atoms with Crippen molar-refractivity contribution in [3.8, 4) is 0 Å². The van der Waals surface area contributed by atoms with Crippen LogP contribution in [0.15, 0.2) is 0 Å². The summed E-state index contributed by atoms with van der Waals surface area (Å²) in [6.45, 7) is 4.82. The van der Waals surface area contributed by atoms with Gasteiger partial charge in [-0.15, -0.1) is 0 Å². The maximum absolute atomic E-state index is 11.1. The van der Waals surface area contributed by atoms with Crippen LogP contribution in [-0.2, 0) is 9.53 Å². The van der Waals surface area contributed by atoms with Crippen LogP contribution >= 0.6 is 22.6 Å². The fraction of sp³-hybridized carbons (Fsp3) is 0.900. The van der Waals surface area contributed by atoms with E-state index in [0.717, 1.165) is 19.3 Å². The number of rotatable bonds is 7. The summed E-state index contributed by atoms with van der Waals surface area (Å²) in [5, 5.41) is 0. The molecule has 0 aliphatic rings. The number of carbonyl (C=O) groups is 1. The van der Waals surface area contributed by atoms with Crippen molar-refractivity contribution in [2.75, 3.05) is 6.61 Å². The van der Waals surface area contributed by atoms with Crippen LogP contribution in [0.5, 0.6) is 0 Å². The molecule has 0 spiro atoms. The predicted molar refractivity (Wildman–Crippen MR) is 63.2 cm³/mol. The van der Waals surface area contributed by atoms with Crippen molar-refractivity contribution in [3.05, 3.63) is 0 Å². The highest BCUT2D eigenvalue weighted by molar-refractivity contribution is 14.1. The van der Waals surface area contributed by atoms with Gasteiger partial charge in [-0.1, -0.05) is 49.3 Å². The van der Waals surface area contributed by atoms with Gasteiger partial charge in [-0.05, 0) is 12.8 Å². The van der Waals surface area contributed by atoms with Crippen molar-refractivity contribution in [1.29, 1.82) is 0 Å². The summed E-state index contributed by atoms with van der Waals surface area (Å²) in [5.74, 6) is -0.0441. The van der Waals surface area contributed by atoms with E-state index >= 15 is 0 Å². The third-order valence-corrected chi connectivity index (χ3v) is 3.16. The third kappa shape index (κ3) is 8.53. The molecule has 0 rings (SSSR count). The summed E-state index contributed by atoms with van der Waals surface area (Å²) >= 11 is 2.29. The van der Waals surface area contributed by atoms with E-state index in [1.54, 1.807) is 0 Å². The van der Waals surface area contributed by atoms with Gasteiger partial charge in [0.25, 0.3) is 0 Å². The van der Waals surface area contributed by atoms with Crippen LogP contribution in [0.2, 0.25) is 0 Å². The number of hydrogen-bond donors (Lipinski definition) is 0. The maximum atomic E-state index is 11.1. The van der Waals surface area contributed by atoms with E-state index in [-0.39, 0.29) is 5.97 Å². The van der Waals surface area contributed by atoms with Crippen LogP contribution in [0.25, 0.3) is 0 Å². The summed E-state index contributed by atoms with van der Waals surface area (Å²) < 4.78 is 5.50. The lowest BCUT2D eigenvalue weighted by Gasteiger charge is -2.06. The van der Waals surface area contributed by atoms with Crippen LogP contribution in [0.3, 0.4) is 0 Å². The van der Waals surface area contributed by atoms with E-state index in [2.05, 4.69) is 36.4 Å². The summed E-state index contributed by atoms with van der Waals surface area (Å²) in [4.78, 5) is 11.1. The zero-order chi connectivity index (χ0) is 10.1. The molecule has 0 aromatic carbocycles. The normalized spacial score (nSPS) is 12.5. The van der Waals surface area contributed by atoms with Crippen LogP contribution in [0.1, 0.15) is 46.0 Å². The lowest BCUT2D eigenvalue weighted by atomic mass is 10.2. The van der Waals surface area contributed by atoms with Crippen molar-refractivity contribution in [2.24, 2.45) is 0 Å². The third-order valence-electron chi connectivity index (χ3n) is 1.84. The molecule has 1 atom stereocenters. The minimum atomic E-state index is -0.0441. The quantitative estimate of drug-likeness (QED) is 0.312. The van der Waals surface area contributed by atoms with Gasteiger partial charge in [0.1, 0.15) is 0 Å². The van der Waals surface area contributed by atoms with Crippen molar-refractivity contribution >= 4 is 28.6 Å². The molecule has 0 heterocycles. The first-order valence-electron chi connectivity index (χ1n) is 5.00. The van der Waals surface area contributed by atoms with E-state index in [4.69, 9.17) is 4.74 Å². The van der Waals surface area contributed by atoms with Gasteiger partial charge in [-0.2, -0.15) is 0 Å². The SMILES string of the molecule is CCCCCOC(=O)CC(I)CC. The van der Waals surface area contributed by atoms with E-state index in [0.29, 0.717) is 17.0 Å². The molecule has 0 saturated heterocycles. The fourth-order valence-corrected chi connectivity index (χ4v) is 1.28. The monoisotopic (exact) mass is 298 g/mol. The second-order valence-electron chi connectivity index (χ2n) is 3.14. The molecule has 0 bridgehead atoms. The number of esters is 1. The fourth-order valence-electron chi connectivity index (χ4n) is 0.922. The molecule has 0 amide bonds. The second-order valence-corrected chi connectivity index (χ2v) is 4.90. The van der Waals surface area contributed by atoms with Crippen LogP contribution in [0.4, 0.5) is 0 Å². The Balaban J connectivity index is 3.30. The summed E-state index contributed by atoms with van der Waals surface area (Å²) in [6.07, 6.45) is 4.91. The minimum absolute atomic E-state index is 0.0441. The first kappa shape index (κ1) is 13.2. The Kier molecular flexibility index (Phi) is 8.92. The molecule has 0 aliphatic carbocycles. The van der Waals surface area contributed by atoms with Gasteiger partial charge in [0, 0.05) is 3.92 Å². The number of alkyl halides is 1. The maximum Gasteiger partial charge on any atom is 0.306 e. The average molecular weight is 298 g/mol. The molecule has 0 saturated carbocycles. The van der Waals surface area contributed by atoms with Gasteiger partial charge < -0.3 is 4.74 Å². The van der Waals surface area contributed by atoms with Crippen molar-refractivity contribution in [3.63, 3.8) is 0 Å². The number of halogens is 1. The molecule has 78 valence electrons. The molecule has 0 aliphatic heterocycles. The Bertz CT molecular complexity index is 137. The summed E-state index contributed by atoms with van der Waals surface area (Å²) in [7, 11) is 0. The van der Waals surface area contributed by atoms with E-state index < -0.39 is 0 Å². The molecule has 13 heavy (non-hydrogen) atoms. The van der Waals surface area contributed by atoms with E-state index in [9.17, 15) is 4.79 Å². The zero-order valence-electron chi connectivity index (χ0n) is 8.51. The van der Waals surface area contributed by atoms with Crippen molar-refractivity contribution < 1.29 is 9.53 Å². The molecule has 2 nitrogen and oxygen atoms in total. The molecule has 1 unspecified atom stereocenters. The molecule has 0 N–H and O–H groups in total. The standard InChI is InChI=1S/C10H19IO2/c1-3-5-6-7-13-10(12)8-9(11)4-2/h9H,3-8H2,1-2H3. The van der Waals surface area contributed by atoms with E-state index in [1.165, 1.54) is 6.42 Å². The average Bonchev–Trinajstić information content (AvgIpc) is 2.12. The number of unbranched alkanes of at least 4 members (excludes halogenated alkanes) is 2. The molecule has 0 radical (unpaired) electrons. The molecule has 3 heteroatoms. The Morgan fingerprint density at radius 2 is 2.08 bits per heavy atom. The van der Waals surface area contributed by atoms with Crippen LogP contribution in [-0.4, -0.2) is 16.5 Å². The van der Waals surface area contributed by atoms with Gasteiger partial charge in [-0.3, -0.25) is 4.79 Å². The van der Waals surface area contributed by atoms with Crippen molar-refractivity contribution in [1.82, 2.24) is 0 Å². The van der Waals surface area contributed by atoms with Crippen LogP contribution in [0, 0.1) is 0 Å². The highest BCUT2D eigenvalue weighted by Gasteiger charge is 2.08. The first-order chi connectivity index (χ1) is 6.20. The summed E-state index contributed by atoms with van der Waals surface area (Å²) in [5.41, 5.74) is 0. The van der Waals surface area contributed by atoms with Crippen LogP contribution < -0.4 is 0 Å². The lowest BCUT2D eigenvalue weighted by Crippen LogP contribution is -2.11. The smallest absolute Gasteiger partial charge is 0.306 e. The van der Waals surface area contributed by atoms with Gasteiger partial charge in [0.05, 0.1) is 13.0 Å². The molecule has 0 fully saturated rings. The predicted octanol–water partition coefficient (Wildman–Crippen LogP) is 3.32. The van der Waals surface area contributed by atoms with Gasteiger partial charge in [-0.25, -0.2) is 0 Å². The topological polar surface area (TPSA) is 26.3 Å². The minimum Gasteiger partial charge on any atom is -0.466 e. The first-order valence-corrected chi connectivity index (χ1v) is 6.25. The summed E-state index contributed by atoms with van der Waals surface area (Å²) in [6, 6.07) is 0. The van der Waals surface area contributed by atoms with Gasteiger partial charge in [0.15, 0.2) is 0 Å². The Hall–Kier alpha value is 0.200. The Morgan fingerprint density at radius 3 is 2.62 bits per heavy atom. The molecular weight excluding hydrogens is 279 g/mol. The van der Waals surface area contributed by atoms with Gasteiger partial charge in [0.2, 0.25) is 0 Å². The molecular formula is C10H19IO2. The highest BCUT2D eigenvalue weighted by Crippen LogP contribution is 2.10. The highest BCUT2D eigenvalue weighted by atomic mass is 127. The molecule has 0 aromatic rings. The molecule has 0 aromatic heterocycles.